The number of sulfonamides is 1. The summed E-state index contributed by atoms with van der Waals surface area (Å²) >= 11 is 0. The van der Waals surface area contributed by atoms with Crippen molar-refractivity contribution in [3.8, 4) is 0 Å². The Balaban J connectivity index is 3.60. The first-order valence-electron chi connectivity index (χ1n) is 4.99. The Morgan fingerprint density at radius 3 is 2.56 bits per heavy atom. The van der Waals surface area contributed by atoms with E-state index in [1.807, 2.05) is 0 Å². The lowest BCUT2D eigenvalue weighted by molar-refractivity contribution is 0.584. The quantitative estimate of drug-likeness (QED) is 0.240. The summed E-state index contributed by atoms with van der Waals surface area (Å²) in [6, 6.07) is 0. The van der Waals surface area contributed by atoms with E-state index in [9.17, 15) is 8.42 Å². The van der Waals surface area contributed by atoms with Gasteiger partial charge in [-0.25, -0.2) is 13.1 Å². The van der Waals surface area contributed by atoms with Crippen LogP contribution in [0.1, 0.15) is 6.42 Å². The Bertz CT molecular complexity index is 324. The van der Waals surface area contributed by atoms with Crippen molar-refractivity contribution in [2.75, 3.05) is 32.9 Å². The summed E-state index contributed by atoms with van der Waals surface area (Å²) in [4.78, 5) is 3.98. The van der Waals surface area contributed by atoms with Gasteiger partial charge in [-0.3, -0.25) is 4.99 Å². The molecular weight excluding hydrogens is 228 g/mol. The highest BCUT2D eigenvalue weighted by Crippen LogP contribution is 1.78. The molecule has 94 valence electrons. The van der Waals surface area contributed by atoms with Crippen LogP contribution in [0.25, 0.3) is 0 Å². The van der Waals surface area contributed by atoms with Crippen LogP contribution in [0.15, 0.2) is 17.6 Å². The van der Waals surface area contributed by atoms with Gasteiger partial charge in [0.25, 0.3) is 0 Å². The van der Waals surface area contributed by atoms with E-state index in [1.54, 1.807) is 13.1 Å². The molecule has 0 fully saturated rings. The molecule has 0 aromatic carbocycles. The zero-order valence-corrected chi connectivity index (χ0v) is 10.6. The van der Waals surface area contributed by atoms with E-state index in [0.29, 0.717) is 32.0 Å². The topological polar surface area (TPSA) is 82.6 Å². The van der Waals surface area contributed by atoms with E-state index in [0.717, 1.165) is 6.26 Å². The van der Waals surface area contributed by atoms with Gasteiger partial charge >= 0.3 is 0 Å². The van der Waals surface area contributed by atoms with Crippen molar-refractivity contribution in [2.24, 2.45) is 4.99 Å². The maximum absolute atomic E-state index is 10.7. The van der Waals surface area contributed by atoms with Crippen molar-refractivity contribution in [3.63, 3.8) is 0 Å². The second-order valence-corrected chi connectivity index (χ2v) is 5.02. The van der Waals surface area contributed by atoms with Gasteiger partial charge in [-0.05, 0) is 6.42 Å². The summed E-state index contributed by atoms with van der Waals surface area (Å²) in [6.07, 6.45) is 3.57. The molecule has 0 atom stereocenters. The Morgan fingerprint density at radius 1 is 1.38 bits per heavy atom. The van der Waals surface area contributed by atoms with Gasteiger partial charge in [-0.2, -0.15) is 0 Å². The summed E-state index contributed by atoms with van der Waals surface area (Å²) in [7, 11) is -1.41. The summed E-state index contributed by atoms with van der Waals surface area (Å²) in [6.45, 7) is 5.29. The number of rotatable bonds is 7. The van der Waals surface area contributed by atoms with E-state index >= 15 is 0 Å². The summed E-state index contributed by atoms with van der Waals surface area (Å²) in [5.74, 6) is 0.680. The molecule has 0 aliphatic rings. The third-order valence-corrected chi connectivity index (χ3v) is 2.38. The van der Waals surface area contributed by atoms with Crippen LogP contribution < -0.4 is 15.4 Å². The number of guanidine groups is 1. The molecule has 0 amide bonds. The van der Waals surface area contributed by atoms with E-state index in [4.69, 9.17) is 0 Å². The Hall–Kier alpha value is -1.08. The maximum atomic E-state index is 10.7. The zero-order chi connectivity index (χ0) is 12.4. The molecule has 7 heteroatoms. The van der Waals surface area contributed by atoms with Gasteiger partial charge in [0, 0.05) is 26.7 Å². The van der Waals surface area contributed by atoms with Crippen LogP contribution in [-0.2, 0) is 10.0 Å². The minimum absolute atomic E-state index is 0.421. The molecule has 0 bridgehead atoms. The first-order chi connectivity index (χ1) is 7.49. The molecule has 6 nitrogen and oxygen atoms in total. The summed E-state index contributed by atoms with van der Waals surface area (Å²) in [5.41, 5.74) is 0. The van der Waals surface area contributed by atoms with Crippen molar-refractivity contribution in [1.82, 2.24) is 15.4 Å². The lowest BCUT2D eigenvalue weighted by Gasteiger charge is -2.10. The second-order valence-electron chi connectivity index (χ2n) is 3.19. The van der Waals surface area contributed by atoms with Crippen LogP contribution in [0, 0.1) is 0 Å². The van der Waals surface area contributed by atoms with Crippen LogP contribution in [0.4, 0.5) is 0 Å². The minimum atomic E-state index is -3.08. The predicted octanol–water partition coefficient (Wildman–Crippen LogP) is -0.723. The number of nitrogens with zero attached hydrogens (tertiary/aromatic N) is 1. The molecule has 0 unspecified atom stereocenters. The van der Waals surface area contributed by atoms with Crippen LogP contribution in [0.5, 0.6) is 0 Å². The Labute approximate surface area is 97.3 Å². The highest BCUT2D eigenvalue weighted by atomic mass is 32.2. The van der Waals surface area contributed by atoms with Gasteiger partial charge in [0.05, 0.1) is 6.26 Å². The van der Waals surface area contributed by atoms with Gasteiger partial charge in [0.15, 0.2) is 5.96 Å². The van der Waals surface area contributed by atoms with Crippen LogP contribution in [0.3, 0.4) is 0 Å². The first-order valence-corrected chi connectivity index (χ1v) is 6.89. The minimum Gasteiger partial charge on any atom is -0.356 e. The van der Waals surface area contributed by atoms with Crippen molar-refractivity contribution >= 4 is 16.0 Å². The van der Waals surface area contributed by atoms with Gasteiger partial charge in [0.2, 0.25) is 10.0 Å². The van der Waals surface area contributed by atoms with Gasteiger partial charge in [-0.1, -0.05) is 6.08 Å². The third kappa shape index (κ3) is 9.47. The molecule has 0 aliphatic heterocycles. The number of aliphatic imine (C=N–C) groups is 1. The molecule has 0 spiro atoms. The smallest absolute Gasteiger partial charge is 0.208 e. The van der Waals surface area contributed by atoms with Crippen LogP contribution in [-0.4, -0.2) is 47.3 Å². The lowest BCUT2D eigenvalue weighted by Crippen LogP contribution is -2.38. The third-order valence-electron chi connectivity index (χ3n) is 1.65. The molecule has 16 heavy (non-hydrogen) atoms. The summed E-state index contributed by atoms with van der Waals surface area (Å²) < 4.78 is 23.9. The average molecular weight is 248 g/mol. The highest BCUT2D eigenvalue weighted by molar-refractivity contribution is 7.88. The second kappa shape index (κ2) is 8.12. The standard InChI is InChI=1S/C9H20N4O2S/c1-4-6-11-9(10-2)12-7-5-8-13-16(3,14)15/h4,13H,1,5-8H2,2-3H3,(H2,10,11,12). The molecular formula is C9H20N4O2S. The lowest BCUT2D eigenvalue weighted by atomic mass is 10.4. The fourth-order valence-corrected chi connectivity index (χ4v) is 1.46. The molecule has 0 heterocycles. The van der Waals surface area contributed by atoms with Crippen LogP contribution in [0.2, 0.25) is 0 Å². The molecule has 0 saturated carbocycles. The van der Waals surface area contributed by atoms with Crippen molar-refractivity contribution in [3.05, 3.63) is 12.7 Å². The summed E-state index contributed by atoms with van der Waals surface area (Å²) in [5, 5.41) is 6.06. The van der Waals surface area contributed by atoms with Gasteiger partial charge in [-0.15, -0.1) is 6.58 Å². The number of nitrogens with one attached hydrogen (secondary N) is 3. The normalized spacial score (nSPS) is 12.2. The van der Waals surface area contributed by atoms with Crippen molar-refractivity contribution < 1.29 is 8.42 Å². The number of hydrogen-bond acceptors (Lipinski definition) is 3. The Kier molecular flexibility index (Phi) is 7.57. The molecule has 0 aliphatic carbocycles. The molecule has 3 N–H and O–H groups in total. The molecule has 0 rings (SSSR count). The molecule has 0 aromatic heterocycles. The number of hydrogen-bond donors (Lipinski definition) is 3. The Morgan fingerprint density at radius 2 is 2.06 bits per heavy atom. The van der Waals surface area contributed by atoms with Crippen LogP contribution >= 0.6 is 0 Å². The fourth-order valence-electron chi connectivity index (χ4n) is 0.942. The zero-order valence-electron chi connectivity index (χ0n) is 9.78. The fraction of sp³-hybridized carbons (Fsp3) is 0.667. The monoisotopic (exact) mass is 248 g/mol. The van der Waals surface area contributed by atoms with E-state index < -0.39 is 10.0 Å². The predicted molar refractivity (Wildman–Crippen MR) is 67.0 cm³/mol. The van der Waals surface area contributed by atoms with E-state index in [1.165, 1.54) is 0 Å². The SMILES string of the molecule is C=CCNC(=NC)NCCCNS(C)(=O)=O. The van der Waals surface area contributed by atoms with Crippen molar-refractivity contribution in [1.29, 1.82) is 0 Å². The van der Waals surface area contributed by atoms with Gasteiger partial charge in [0.1, 0.15) is 0 Å². The van der Waals surface area contributed by atoms with E-state index in [-0.39, 0.29) is 0 Å². The highest BCUT2D eigenvalue weighted by Gasteiger charge is 1.99. The van der Waals surface area contributed by atoms with Crippen molar-refractivity contribution in [2.45, 2.75) is 6.42 Å². The maximum Gasteiger partial charge on any atom is 0.208 e. The molecule has 0 saturated heterocycles. The van der Waals surface area contributed by atoms with E-state index in [2.05, 4.69) is 26.9 Å². The van der Waals surface area contributed by atoms with Gasteiger partial charge < -0.3 is 10.6 Å². The largest absolute Gasteiger partial charge is 0.356 e. The first kappa shape index (κ1) is 14.9. The molecule has 0 aromatic rings. The molecule has 0 radical (unpaired) electrons. The average Bonchev–Trinajstić information content (AvgIpc) is 2.20.